The van der Waals surface area contributed by atoms with Crippen LogP contribution in [0.15, 0.2) is 0 Å². The van der Waals surface area contributed by atoms with Gasteiger partial charge in [0.15, 0.2) is 0 Å². The molecule has 1 heterocycles. The third-order valence-electron chi connectivity index (χ3n) is 3.09. The van der Waals surface area contributed by atoms with Crippen molar-refractivity contribution in [2.75, 3.05) is 45.2 Å². The van der Waals surface area contributed by atoms with E-state index < -0.39 is 9.84 Å². The van der Waals surface area contributed by atoms with Gasteiger partial charge in [0.2, 0.25) is 5.91 Å². The van der Waals surface area contributed by atoms with E-state index in [1.165, 1.54) is 6.26 Å². The monoisotopic (exact) mass is 262 g/mol. The molecule has 1 amide bonds. The molecule has 1 rings (SSSR count). The van der Waals surface area contributed by atoms with Crippen LogP contribution in [0.4, 0.5) is 0 Å². The Kier molecular flexibility index (Phi) is 4.94. The van der Waals surface area contributed by atoms with Crippen LogP contribution in [0.5, 0.6) is 0 Å². The molecule has 0 aromatic rings. The van der Waals surface area contributed by atoms with Crippen LogP contribution in [0.2, 0.25) is 0 Å². The van der Waals surface area contributed by atoms with E-state index in [0.29, 0.717) is 18.9 Å². The summed E-state index contributed by atoms with van der Waals surface area (Å²) in [5, 5.41) is 0. The van der Waals surface area contributed by atoms with Crippen LogP contribution in [-0.4, -0.2) is 69.4 Å². The molecule has 0 saturated carbocycles. The highest BCUT2D eigenvalue weighted by atomic mass is 32.2. The zero-order chi connectivity index (χ0) is 13.1. The highest BCUT2D eigenvalue weighted by Crippen LogP contribution is 2.17. The Labute approximate surface area is 104 Å². The first-order valence-corrected chi connectivity index (χ1v) is 8.02. The minimum absolute atomic E-state index is 0.182. The Morgan fingerprint density at radius 3 is 2.59 bits per heavy atom. The normalized spacial score (nSPS) is 21.5. The summed E-state index contributed by atoms with van der Waals surface area (Å²) in [5.74, 6) is 0.739. The van der Waals surface area contributed by atoms with Crippen molar-refractivity contribution in [1.82, 2.24) is 9.80 Å². The van der Waals surface area contributed by atoms with Gasteiger partial charge in [0.25, 0.3) is 0 Å². The van der Waals surface area contributed by atoms with E-state index in [-0.39, 0.29) is 11.7 Å². The van der Waals surface area contributed by atoms with Crippen LogP contribution in [0.1, 0.15) is 13.3 Å². The van der Waals surface area contributed by atoms with Gasteiger partial charge in [0.05, 0.1) is 5.75 Å². The van der Waals surface area contributed by atoms with Crippen LogP contribution < -0.4 is 0 Å². The summed E-state index contributed by atoms with van der Waals surface area (Å²) in [6.45, 7) is 4.88. The Morgan fingerprint density at radius 1 is 1.47 bits per heavy atom. The van der Waals surface area contributed by atoms with Crippen molar-refractivity contribution in [1.29, 1.82) is 0 Å². The molecule has 0 aromatic heterocycles. The average molecular weight is 262 g/mol. The van der Waals surface area contributed by atoms with Gasteiger partial charge in [-0.2, -0.15) is 0 Å². The first kappa shape index (κ1) is 14.4. The number of nitrogens with zero attached hydrogens (tertiary/aromatic N) is 2. The molecule has 0 aliphatic carbocycles. The quantitative estimate of drug-likeness (QED) is 0.667. The number of likely N-dealkylation sites (tertiary alicyclic amines) is 1. The second-order valence-electron chi connectivity index (χ2n) is 4.89. The minimum Gasteiger partial charge on any atom is -0.343 e. The average Bonchev–Trinajstić information content (AvgIpc) is 2.55. The molecule has 17 heavy (non-hydrogen) atoms. The first-order chi connectivity index (χ1) is 7.81. The molecule has 0 spiro atoms. The molecule has 6 heteroatoms. The van der Waals surface area contributed by atoms with Crippen molar-refractivity contribution < 1.29 is 13.2 Å². The summed E-state index contributed by atoms with van der Waals surface area (Å²) in [7, 11) is -0.991. The molecular weight excluding hydrogens is 240 g/mol. The van der Waals surface area contributed by atoms with Gasteiger partial charge in [-0.3, -0.25) is 4.79 Å². The lowest BCUT2D eigenvalue weighted by atomic mass is 10.1. The highest BCUT2D eigenvalue weighted by molar-refractivity contribution is 7.90. The minimum atomic E-state index is -2.90. The van der Waals surface area contributed by atoms with E-state index in [2.05, 4.69) is 0 Å². The molecule has 100 valence electrons. The predicted octanol–water partition coefficient (Wildman–Crippen LogP) is -0.169. The molecule has 1 fully saturated rings. The van der Waals surface area contributed by atoms with Crippen molar-refractivity contribution in [2.24, 2.45) is 5.92 Å². The number of carbonyl (C=O) groups excluding carboxylic acids is 1. The van der Waals surface area contributed by atoms with Crippen LogP contribution in [0, 0.1) is 5.92 Å². The van der Waals surface area contributed by atoms with Crippen LogP contribution in [0.3, 0.4) is 0 Å². The second kappa shape index (κ2) is 5.82. The van der Waals surface area contributed by atoms with Gasteiger partial charge in [-0.25, -0.2) is 8.42 Å². The maximum absolute atomic E-state index is 11.5. The second-order valence-corrected chi connectivity index (χ2v) is 7.15. The Balaban J connectivity index is 2.33. The summed E-state index contributed by atoms with van der Waals surface area (Å²) in [6, 6.07) is 0. The molecule has 1 unspecified atom stereocenters. The van der Waals surface area contributed by atoms with Gasteiger partial charge in [-0.15, -0.1) is 0 Å². The number of sulfone groups is 1. The predicted molar refractivity (Wildman–Crippen MR) is 67.6 cm³/mol. The fourth-order valence-electron chi connectivity index (χ4n) is 2.14. The van der Waals surface area contributed by atoms with E-state index in [0.717, 1.165) is 19.6 Å². The Hall–Kier alpha value is -0.620. The molecule has 0 aromatic carbocycles. The fourth-order valence-corrected chi connectivity index (χ4v) is 2.78. The number of rotatable bonds is 6. The smallest absolute Gasteiger partial charge is 0.222 e. The van der Waals surface area contributed by atoms with Gasteiger partial charge in [-0.05, 0) is 19.9 Å². The molecule has 0 radical (unpaired) electrons. The standard InChI is InChI=1S/C11H22N2O3S/c1-4-13-9-10(7-11(13)14)8-12(2)5-6-17(3,15)16/h10H,4-9H2,1-3H3. The van der Waals surface area contributed by atoms with E-state index in [1.807, 2.05) is 23.8 Å². The lowest BCUT2D eigenvalue weighted by Crippen LogP contribution is -2.31. The highest BCUT2D eigenvalue weighted by Gasteiger charge is 2.28. The van der Waals surface area contributed by atoms with Crippen LogP contribution in [0.25, 0.3) is 0 Å². The van der Waals surface area contributed by atoms with Crippen LogP contribution >= 0.6 is 0 Å². The molecule has 0 bridgehead atoms. The Bertz CT molecular complexity index is 367. The van der Waals surface area contributed by atoms with Gasteiger partial charge >= 0.3 is 0 Å². The third kappa shape index (κ3) is 5.04. The number of hydrogen-bond donors (Lipinski definition) is 0. The summed E-state index contributed by atoms with van der Waals surface area (Å²) >= 11 is 0. The maximum atomic E-state index is 11.5. The van der Waals surface area contributed by atoms with E-state index in [1.54, 1.807) is 0 Å². The largest absolute Gasteiger partial charge is 0.343 e. The van der Waals surface area contributed by atoms with Gasteiger partial charge in [0.1, 0.15) is 9.84 Å². The van der Waals surface area contributed by atoms with Crippen molar-refractivity contribution in [3.8, 4) is 0 Å². The molecule has 5 nitrogen and oxygen atoms in total. The summed E-state index contributed by atoms with van der Waals surface area (Å²) in [5.41, 5.74) is 0. The summed E-state index contributed by atoms with van der Waals surface area (Å²) in [6.07, 6.45) is 1.84. The maximum Gasteiger partial charge on any atom is 0.222 e. The summed E-state index contributed by atoms with van der Waals surface area (Å²) < 4.78 is 22.1. The number of hydrogen-bond acceptors (Lipinski definition) is 4. The van der Waals surface area contributed by atoms with Gasteiger partial charge < -0.3 is 9.80 Å². The molecule has 1 atom stereocenters. The molecule has 1 saturated heterocycles. The van der Waals surface area contributed by atoms with Gasteiger partial charge in [0, 0.05) is 38.9 Å². The zero-order valence-electron chi connectivity index (χ0n) is 10.8. The van der Waals surface area contributed by atoms with E-state index in [9.17, 15) is 13.2 Å². The lowest BCUT2D eigenvalue weighted by molar-refractivity contribution is -0.127. The van der Waals surface area contributed by atoms with E-state index >= 15 is 0 Å². The first-order valence-electron chi connectivity index (χ1n) is 5.96. The number of carbonyl (C=O) groups is 1. The van der Waals surface area contributed by atoms with Crippen molar-refractivity contribution in [3.63, 3.8) is 0 Å². The zero-order valence-corrected chi connectivity index (χ0v) is 11.7. The molecule has 1 aliphatic rings. The van der Waals surface area contributed by atoms with Crippen LogP contribution in [-0.2, 0) is 14.6 Å². The molecular formula is C11H22N2O3S. The topological polar surface area (TPSA) is 57.7 Å². The van der Waals surface area contributed by atoms with Crippen molar-refractivity contribution >= 4 is 15.7 Å². The number of amides is 1. The van der Waals surface area contributed by atoms with Crippen molar-refractivity contribution in [3.05, 3.63) is 0 Å². The van der Waals surface area contributed by atoms with Gasteiger partial charge in [-0.1, -0.05) is 0 Å². The van der Waals surface area contributed by atoms with Crippen molar-refractivity contribution in [2.45, 2.75) is 13.3 Å². The third-order valence-corrected chi connectivity index (χ3v) is 4.01. The van der Waals surface area contributed by atoms with E-state index in [4.69, 9.17) is 0 Å². The molecule has 1 aliphatic heterocycles. The molecule has 0 N–H and O–H groups in total. The Morgan fingerprint density at radius 2 is 2.12 bits per heavy atom. The lowest BCUT2D eigenvalue weighted by Gasteiger charge is -2.20. The summed E-state index contributed by atoms with van der Waals surface area (Å²) in [4.78, 5) is 15.4. The SMILES string of the molecule is CCN1CC(CN(C)CCS(C)(=O)=O)CC1=O. The fraction of sp³-hybridized carbons (Fsp3) is 0.909.